The molecule has 0 spiro atoms. The Morgan fingerprint density at radius 3 is 2.83 bits per heavy atom. The highest BCUT2D eigenvalue weighted by Crippen LogP contribution is 2.33. The van der Waals surface area contributed by atoms with E-state index >= 15 is 0 Å². The van der Waals surface area contributed by atoms with Crippen LogP contribution in [0.2, 0.25) is 10.0 Å². The van der Waals surface area contributed by atoms with Gasteiger partial charge in [0.2, 0.25) is 0 Å². The van der Waals surface area contributed by atoms with Gasteiger partial charge < -0.3 is 16.2 Å². The van der Waals surface area contributed by atoms with Crippen LogP contribution in [-0.4, -0.2) is 22.9 Å². The van der Waals surface area contributed by atoms with Gasteiger partial charge in [0.1, 0.15) is 6.23 Å². The molecule has 4 N–H and O–H groups in total. The van der Waals surface area contributed by atoms with Crippen molar-refractivity contribution < 1.29 is 5.11 Å². The second-order valence-corrected chi connectivity index (χ2v) is 4.80. The molecule has 0 bridgehead atoms. The van der Waals surface area contributed by atoms with Crippen molar-refractivity contribution in [3.63, 3.8) is 0 Å². The van der Waals surface area contributed by atoms with Crippen molar-refractivity contribution in [3.8, 4) is 0 Å². The number of halogens is 2. The topological polar surface area (TPSA) is 71.2 Å². The first-order valence-corrected chi connectivity index (χ1v) is 6.17. The fourth-order valence-electron chi connectivity index (χ4n) is 1.72. The second kappa shape index (κ2) is 5.28. The van der Waals surface area contributed by atoms with Crippen molar-refractivity contribution in [1.82, 2.24) is 4.98 Å². The van der Waals surface area contributed by atoms with Crippen LogP contribution in [0.1, 0.15) is 5.69 Å². The van der Waals surface area contributed by atoms with Crippen LogP contribution in [-0.2, 0) is 0 Å². The summed E-state index contributed by atoms with van der Waals surface area (Å²) in [7, 11) is 0. The van der Waals surface area contributed by atoms with Crippen molar-refractivity contribution in [2.45, 2.75) is 13.2 Å². The Bertz CT molecular complexity index is 587. The second-order valence-electron chi connectivity index (χ2n) is 4.02. The summed E-state index contributed by atoms with van der Waals surface area (Å²) in [5.41, 5.74) is 7.57. The molecule has 18 heavy (non-hydrogen) atoms. The summed E-state index contributed by atoms with van der Waals surface area (Å²) in [6, 6.07) is 5.42. The third kappa shape index (κ3) is 2.67. The van der Waals surface area contributed by atoms with E-state index in [1.165, 1.54) is 0 Å². The molecule has 1 atom stereocenters. The maximum Gasteiger partial charge on any atom is 0.119 e. The summed E-state index contributed by atoms with van der Waals surface area (Å²) in [6.45, 7) is 2.11. The fraction of sp³-hybridized carbons (Fsp3) is 0.250. The predicted molar refractivity (Wildman–Crippen MR) is 75.2 cm³/mol. The molecular weight excluding hydrogens is 273 g/mol. The lowest BCUT2D eigenvalue weighted by Crippen LogP contribution is -2.28. The van der Waals surface area contributed by atoms with Crippen LogP contribution in [0.3, 0.4) is 0 Å². The van der Waals surface area contributed by atoms with Crippen LogP contribution in [0.15, 0.2) is 18.2 Å². The van der Waals surface area contributed by atoms with Gasteiger partial charge in [-0.15, -0.1) is 0 Å². The lowest BCUT2D eigenvalue weighted by atomic mass is 10.1. The maximum atomic E-state index is 9.11. The molecule has 6 heteroatoms. The molecule has 2 rings (SSSR count). The minimum atomic E-state index is -0.920. The van der Waals surface area contributed by atoms with Crippen LogP contribution >= 0.6 is 23.2 Å². The quantitative estimate of drug-likeness (QED) is 0.758. The third-order valence-electron chi connectivity index (χ3n) is 2.50. The molecule has 1 aromatic heterocycles. The SMILES string of the molecule is Cc1cc(NCC(N)O)c2ccc(Cl)c(Cl)c2n1. The first kappa shape index (κ1) is 13.4. The Morgan fingerprint density at radius 1 is 1.44 bits per heavy atom. The van der Waals surface area contributed by atoms with Crippen LogP contribution in [0.25, 0.3) is 10.9 Å². The Morgan fingerprint density at radius 2 is 2.17 bits per heavy atom. The van der Waals surface area contributed by atoms with Crippen LogP contribution in [0, 0.1) is 6.92 Å². The van der Waals surface area contributed by atoms with Crippen molar-refractivity contribution in [2.75, 3.05) is 11.9 Å². The smallest absolute Gasteiger partial charge is 0.119 e. The third-order valence-corrected chi connectivity index (χ3v) is 3.30. The van der Waals surface area contributed by atoms with Crippen molar-refractivity contribution in [1.29, 1.82) is 0 Å². The average molecular weight is 286 g/mol. The number of aryl methyl sites for hydroxylation is 1. The zero-order valence-corrected chi connectivity index (χ0v) is 11.3. The highest BCUT2D eigenvalue weighted by Gasteiger charge is 2.10. The number of pyridine rings is 1. The Balaban J connectivity index is 2.56. The molecule has 2 aromatic rings. The van der Waals surface area contributed by atoms with Gasteiger partial charge in [-0.3, -0.25) is 4.98 Å². The number of nitrogens with two attached hydrogens (primary N) is 1. The van der Waals surface area contributed by atoms with Gasteiger partial charge in [-0.05, 0) is 25.1 Å². The van der Waals surface area contributed by atoms with Gasteiger partial charge in [-0.25, -0.2) is 0 Å². The van der Waals surface area contributed by atoms with E-state index in [2.05, 4.69) is 10.3 Å². The highest BCUT2D eigenvalue weighted by atomic mass is 35.5. The Hall–Kier alpha value is -1.07. The fourth-order valence-corrected chi connectivity index (χ4v) is 2.08. The Labute approximate surface area is 115 Å². The van der Waals surface area contributed by atoms with Gasteiger partial charge in [-0.1, -0.05) is 23.2 Å². The number of nitrogens with zero attached hydrogens (tertiary/aromatic N) is 1. The monoisotopic (exact) mass is 285 g/mol. The van der Waals surface area contributed by atoms with Gasteiger partial charge in [0.15, 0.2) is 0 Å². The molecule has 0 aliphatic rings. The first-order chi connectivity index (χ1) is 8.49. The molecule has 1 aromatic carbocycles. The van der Waals surface area contributed by atoms with Gasteiger partial charge in [0.25, 0.3) is 0 Å². The van der Waals surface area contributed by atoms with E-state index in [0.29, 0.717) is 15.6 Å². The van der Waals surface area contributed by atoms with E-state index in [0.717, 1.165) is 16.8 Å². The predicted octanol–water partition coefficient (Wildman–Crippen LogP) is 2.54. The van der Waals surface area contributed by atoms with Gasteiger partial charge in [0.05, 0.1) is 22.1 Å². The summed E-state index contributed by atoms with van der Waals surface area (Å²) in [6.07, 6.45) is -0.920. The molecule has 1 heterocycles. The Kier molecular flexibility index (Phi) is 3.92. The van der Waals surface area contributed by atoms with E-state index in [4.69, 9.17) is 34.0 Å². The molecule has 0 radical (unpaired) electrons. The zero-order chi connectivity index (χ0) is 13.3. The molecule has 1 unspecified atom stereocenters. The number of hydrogen-bond donors (Lipinski definition) is 3. The molecule has 0 aliphatic heterocycles. The summed E-state index contributed by atoms with van der Waals surface area (Å²) >= 11 is 12.1. The largest absolute Gasteiger partial charge is 0.380 e. The molecule has 0 saturated carbocycles. The number of aliphatic hydroxyl groups excluding tert-OH is 1. The van der Waals surface area contributed by atoms with E-state index in [9.17, 15) is 0 Å². The highest BCUT2D eigenvalue weighted by molar-refractivity contribution is 6.45. The number of aromatic nitrogens is 1. The standard InChI is InChI=1S/C12H13Cl2N3O/c1-6-4-9(16-5-10(15)18)7-2-3-8(13)11(14)12(7)17-6/h2-4,10,18H,5,15H2,1H3,(H,16,17). The summed E-state index contributed by atoms with van der Waals surface area (Å²) in [4.78, 5) is 4.37. The van der Waals surface area contributed by atoms with Gasteiger partial charge in [-0.2, -0.15) is 0 Å². The lowest BCUT2D eigenvalue weighted by molar-refractivity contribution is 0.196. The van der Waals surface area contributed by atoms with Crippen molar-refractivity contribution in [3.05, 3.63) is 33.9 Å². The number of benzene rings is 1. The molecule has 0 amide bonds. The van der Waals surface area contributed by atoms with Crippen LogP contribution in [0.5, 0.6) is 0 Å². The van der Waals surface area contributed by atoms with E-state index < -0.39 is 6.23 Å². The molecule has 0 fully saturated rings. The number of nitrogens with one attached hydrogen (secondary N) is 1. The van der Waals surface area contributed by atoms with Crippen molar-refractivity contribution in [2.24, 2.45) is 5.73 Å². The maximum absolute atomic E-state index is 9.11. The molecule has 0 saturated heterocycles. The van der Waals surface area contributed by atoms with Crippen LogP contribution < -0.4 is 11.1 Å². The molecule has 0 aliphatic carbocycles. The number of hydrogen-bond acceptors (Lipinski definition) is 4. The van der Waals surface area contributed by atoms with Gasteiger partial charge in [0, 0.05) is 16.8 Å². The normalized spacial score (nSPS) is 12.7. The van der Waals surface area contributed by atoms with E-state index in [1.807, 2.05) is 19.1 Å². The summed E-state index contributed by atoms with van der Waals surface area (Å²) in [5.74, 6) is 0. The molecular formula is C12H13Cl2N3O. The summed E-state index contributed by atoms with van der Waals surface area (Å²) < 4.78 is 0. The van der Waals surface area contributed by atoms with E-state index in [1.54, 1.807) is 6.07 Å². The minimum Gasteiger partial charge on any atom is -0.380 e. The first-order valence-electron chi connectivity index (χ1n) is 5.42. The lowest BCUT2D eigenvalue weighted by Gasteiger charge is -2.13. The average Bonchev–Trinajstić information content (AvgIpc) is 2.31. The zero-order valence-electron chi connectivity index (χ0n) is 9.74. The number of fused-ring (bicyclic) bond motifs is 1. The summed E-state index contributed by atoms with van der Waals surface area (Å²) in [5, 5.41) is 13.9. The number of rotatable bonds is 3. The minimum absolute atomic E-state index is 0.249. The number of anilines is 1. The van der Waals surface area contributed by atoms with E-state index in [-0.39, 0.29) is 6.54 Å². The van der Waals surface area contributed by atoms with Gasteiger partial charge >= 0.3 is 0 Å². The number of aliphatic hydroxyl groups is 1. The molecule has 96 valence electrons. The van der Waals surface area contributed by atoms with Crippen LogP contribution in [0.4, 0.5) is 5.69 Å². The molecule has 4 nitrogen and oxygen atoms in total. The van der Waals surface area contributed by atoms with Crippen molar-refractivity contribution >= 4 is 39.8 Å².